The summed E-state index contributed by atoms with van der Waals surface area (Å²) in [7, 11) is 2.84. The van der Waals surface area contributed by atoms with E-state index in [1.807, 2.05) is 24.3 Å². The van der Waals surface area contributed by atoms with Gasteiger partial charge in [0, 0.05) is 26.7 Å². The number of nitrogens with one attached hydrogen (secondary N) is 1. The first-order valence-corrected chi connectivity index (χ1v) is 9.07. The molecule has 0 radical (unpaired) electrons. The van der Waals surface area contributed by atoms with Gasteiger partial charge in [-0.2, -0.15) is 0 Å². The standard InChI is InChI=1S/C20H27N3O4/c1-14(2)10-12-27-17-8-6-5-7-15(17)9-11-21-19(25)16-13-18(24)23(4)20(26)22(16)3/h5-8,13-14H,9-12H2,1-4H3,(H,21,25). The van der Waals surface area contributed by atoms with E-state index < -0.39 is 17.2 Å². The van der Waals surface area contributed by atoms with Crippen molar-refractivity contribution < 1.29 is 9.53 Å². The van der Waals surface area contributed by atoms with Crippen molar-refractivity contribution in [1.29, 1.82) is 0 Å². The molecule has 1 N–H and O–H groups in total. The van der Waals surface area contributed by atoms with Crippen molar-refractivity contribution in [3.63, 3.8) is 0 Å². The van der Waals surface area contributed by atoms with Gasteiger partial charge in [-0.15, -0.1) is 0 Å². The third-order valence-electron chi connectivity index (χ3n) is 4.36. The minimum absolute atomic E-state index is 0.0459. The average Bonchev–Trinajstić information content (AvgIpc) is 2.63. The summed E-state index contributed by atoms with van der Waals surface area (Å²) < 4.78 is 7.98. The van der Waals surface area contributed by atoms with Crippen molar-refractivity contribution in [2.45, 2.75) is 26.7 Å². The van der Waals surface area contributed by atoms with Gasteiger partial charge in [-0.3, -0.25) is 18.7 Å². The summed E-state index contributed by atoms with van der Waals surface area (Å²) in [4.78, 5) is 36.0. The Morgan fingerprint density at radius 2 is 1.85 bits per heavy atom. The van der Waals surface area contributed by atoms with E-state index in [0.29, 0.717) is 25.5 Å². The molecule has 2 rings (SSSR count). The zero-order valence-electron chi connectivity index (χ0n) is 16.3. The second-order valence-electron chi connectivity index (χ2n) is 6.91. The SMILES string of the molecule is CC(C)CCOc1ccccc1CCNC(=O)c1cc(=O)n(C)c(=O)n1C. The molecule has 1 aromatic carbocycles. The molecule has 1 heterocycles. The molecule has 146 valence electrons. The molecule has 0 aliphatic heterocycles. The molecule has 7 heteroatoms. The highest BCUT2D eigenvalue weighted by Crippen LogP contribution is 2.19. The predicted molar refractivity (Wildman–Crippen MR) is 104 cm³/mol. The fourth-order valence-electron chi connectivity index (χ4n) is 2.61. The molecule has 0 atom stereocenters. The second-order valence-corrected chi connectivity index (χ2v) is 6.91. The fraction of sp³-hybridized carbons (Fsp3) is 0.450. The number of rotatable bonds is 8. The number of ether oxygens (including phenoxy) is 1. The molecule has 0 aliphatic rings. The molecule has 0 aliphatic carbocycles. The van der Waals surface area contributed by atoms with E-state index in [1.165, 1.54) is 24.7 Å². The number of amides is 1. The molecule has 0 spiro atoms. The van der Waals surface area contributed by atoms with Crippen LogP contribution < -0.4 is 21.3 Å². The zero-order valence-corrected chi connectivity index (χ0v) is 16.3. The normalized spacial score (nSPS) is 10.9. The van der Waals surface area contributed by atoms with Crippen molar-refractivity contribution in [2.75, 3.05) is 13.2 Å². The van der Waals surface area contributed by atoms with Crippen molar-refractivity contribution >= 4 is 5.91 Å². The molecule has 0 fully saturated rings. The lowest BCUT2D eigenvalue weighted by Gasteiger charge is -2.13. The number of carbonyl (C=O) groups excluding carboxylic acids is 1. The molecule has 0 saturated heterocycles. The van der Waals surface area contributed by atoms with Crippen LogP contribution in [0.3, 0.4) is 0 Å². The molecule has 0 bridgehead atoms. The molecular weight excluding hydrogens is 346 g/mol. The van der Waals surface area contributed by atoms with E-state index in [1.54, 1.807) is 0 Å². The minimum Gasteiger partial charge on any atom is -0.493 e. The van der Waals surface area contributed by atoms with Gasteiger partial charge in [-0.05, 0) is 30.4 Å². The van der Waals surface area contributed by atoms with Gasteiger partial charge in [-0.1, -0.05) is 32.0 Å². The van der Waals surface area contributed by atoms with Gasteiger partial charge in [0.05, 0.1) is 6.61 Å². The zero-order chi connectivity index (χ0) is 20.0. The van der Waals surface area contributed by atoms with Gasteiger partial charge < -0.3 is 10.1 Å². The van der Waals surface area contributed by atoms with Crippen LogP contribution in [-0.4, -0.2) is 28.2 Å². The molecule has 2 aromatic rings. The molecule has 0 unspecified atom stereocenters. The van der Waals surface area contributed by atoms with E-state index in [4.69, 9.17) is 4.74 Å². The summed E-state index contributed by atoms with van der Waals surface area (Å²) in [5.74, 6) is 0.931. The van der Waals surface area contributed by atoms with Crippen LogP contribution >= 0.6 is 0 Å². The Labute approximate surface area is 158 Å². The molecule has 7 nitrogen and oxygen atoms in total. The number of nitrogens with zero attached hydrogens (tertiary/aromatic N) is 2. The number of para-hydroxylation sites is 1. The van der Waals surface area contributed by atoms with Crippen LogP contribution in [0.15, 0.2) is 39.9 Å². The highest BCUT2D eigenvalue weighted by molar-refractivity contribution is 5.92. The van der Waals surface area contributed by atoms with Gasteiger partial charge in [0.25, 0.3) is 11.5 Å². The number of hydrogen-bond donors (Lipinski definition) is 1. The van der Waals surface area contributed by atoms with Crippen molar-refractivity contribution in [1.82, 2.24) is 14.5 Å². The van der Waals surface area contributed by atoms with Crippen molar-refractivity contribution in [3.8, 4) is 5.75 Å². The van der Waals surface area contributed by atoms with Gasteiger partial charge in [0.15, 0.2) is 0 Å². The van der Waals surface area contributed by atoms with Gasteiger partial charge >= 0.3 is 5.69 Å². The quantitative estimate of drug-likeness (QED) is 0.760. The summed E-state index contributed by atoms with van der Waals surface area (Å²) >= 11 is 0. The maximum Gasteiger partial charge on any atom is 0.331 e. The maximum atomic E-state index is 12.4. The van der Waals surface area contributed by atoms with Crippen LogP contribution in [0, 0.1) is 5.92 Å². The molecule has 27 heavy (non-hydrogen) atoms. The van der Waals surface area contributed by atoms with Crippen molar-refractivity contribution in [3.05, 3.63) is 62.4 Å². The first kappa shape index (κ1) is 20.5. The summed E-state index contributed by atoms with van der Waals surface area (Å²) in [6.45, 7) is 5.31. The predicted octanol–water partition coefficient (Wildman–Crippen LogP) is 1.48. The number of carbonyl (C=O) groups is 1. The Kier molecular flexibility index (Phi) is 6.98. The molecule has 1 amide bonds. The topological polar surface area (TPSA) is 82.3 Å². The summed E-state index contributed by atoms with van der Waals surface area (Å²) in [5.41, 5.74) is 0.00712. The van der Waals surface area contributed by atoms with Crippen LogP contribution in [0.25, 0.3) is 0 Å². The Morgan fingerprint density at radius 3 is 2.56 bits per heavy atom. The first-order valence-electron chi connectivity index (χ1n) is 9.07. The molecular formula is C20H27N3O4. The highest BCUT2D eigenvalue weighted by atomic mass is 16.5. The number of hydrogen-bond acceptors (Lipinski definition) is 4. The summed E-state index contributed by atoms with van der Waals surface area (Å²) in [5, 5.41) is 2.76. The van der Waals surface area contributed by atoms with E-state index >= 15 is 0 Å². The van der Waals surface area contributed by atoms with Crippen LogP contribution in [0.2, 0.25) is 0 Å². The smallest absolute Gasteiger partial charge is 0.331 e. The Bertz CT molecular complexity index is 912. The minimum atomic E-state index is -0.531. The average molecular weight is 373 g/mol. The third-order valence-corrected chi connectivity index (χ3v) is 4.36. The lowest BCUT2D eigenvalue weighted by Crippen LogP contribution is -2.41. The van der Waals surface area contributed by atoms with E-state index in [-0.39, 0.29) is 5.69 Å². The number of benzene rings is 1. The lowest BCUT2D eigenvalue weighted by molar-refractivity contribution is 0.0943. The summed E-state index contributed by atoms with van der Waals surface area (Å²) in [6.07, 6.45) is 1.56. The highest BCUT2D eigenvalue weighted by Gasteiger charge is 2.13. The second kappa shape index (κ2) is 9.21. The Balaban J connectivity index is 2.00. The van der Waals surface area contributed by atoms with Gasteiger partial charge in [0.1, 0.15) is 11.4 Å². The van der Waals surface area contributed by atoms with Crippen LogP contribution in [-0.2, 0) is 20.5 Å². The fourth-order valence-corrected chi connectivity index (χ4v) is 2.61. The van der Waals surface area contributed by atoms with Gasteiger partial charge in [-0.25, -0.2) is 4.79 Å². The van der Waals surface area contributed by atoms with Gasteiger partial charge in [0.2, 0.25) is 0 Å². The van der Waals surface area contributed by atoms with E-state index in [2.05, 4.69) is 19.2 Å². The van der Waals surface area contributed by atoms with E-state index in [0.717, 1.165) is 22.3 Å². The summed E-state index contributed by atoms with van der Waals surface area (Å²) in [6, 6.07) is 8.89. The van der Waals surface area contributed by atoms with Crippen LogP contribution in [0.1, 0.15) is 36.3 Å². The van der Waals surface area contributed by atoms with Crippen LogP contribution in [0.5, 0.6) is 5.75 Å². The van der Waals surface area contributed by atoms with Crippen LogP contribution in [0.4, 0.5) is 0 Å². The monoisotopic (exact) mass is 373 g/mol. The molecule has 0 saturated carbocycles. The maximum absolute atomic E-state index is 12.4. The lowest BCUT2D eigenvalue weighted by atomic mass is 10.1. The third kappa shape index (κ3) is 5.32. The van der Waals surface area contributed by atoms with E-state index in [9.17, 15) is 14.4 Å². The largest absolute Gasteiger partial charge is 0.493 e. The Hall–Kier alpha value is -2.83. The first-order chi connectivity index (χ1) is 12.8. The molecule has 1 aromatic heterocycles. The Morgan fingerprint density at radius 1 is 1.15 bits per heavy atom. The van der Waals surface area contributed by atoms with Crippen molar-refractivity contribution in [2.24, 2.45) is 20.0 Å². The number of aromatic nitrogens is 2.